The molecule has 18 nitrogen and oxygen atoms in total. The van der Waals surface area contributed by atoms with E-state index in [1.807, 2.05) is 68.0 Å². The van der Waals surface area contributed by atoms with Crippen LogP contribution in [0.4, 0.5) is 21.9 Å². The number of benzene rings is 4. The lowest BCUT2D eigenvalue weighted by Crippen LogP contribution is -2.41. The number of ether oxygens (including phenoxy) is 6. The molecule has 4 aromatic carbocycles. The average Bonchev–Trinajstić information content (AvgIpc) is 3.21. The summed E-state index contributed by atoms with van der Waals surface area (Å²) < 4.78 is 87.2. The molecule has 0 bridgehead atoms. The molecule has 0 aliphatic heterocycles. The van der Waals surface area contributed by atoms with Crippen LogP contribution in [0, 0.1) is 0 Å². The molecule has 1 aromatic heterocycles. The van der Waals surface area contributed by atoms with Crippen LogP contribution in [0.5, 0.6) is 28.7 Å². The van der Waals surface area contributed by atoms with E-state index in [2.05, 4.69) is 20.3 Å². The summed E-state index contributed by atoms with van der Waals surface area (Å²) in [7, 11) is -1.97. The number of nitrogens with zero attached hydrogens (tertiary/aromatic N) is 2. The third kappa shape index (κ3) is 14.2. The molecule has 5 aromatic rings. The van der Waals surface area contributed by atoms with Crippen LogP contribution in [0.25, 0.3) is 10.8 Å². The Kier molecular flexibility index (Phi) is 16.4. The molecule has 3 amide bonds. The number of aromatic nitrogens is 1. The van der Waals surface area contributed by atoms with Crippen LogP contribution >= 0.6 is 0 Å². The van der Waals surface area contributed by atoms with E-state index >= 15 is 0 Å². The highest BCUT2D eigenvalue weighted by Gasteiger charge is 2.23. The quantitative estimate of drug-likeness (QED) is 0.0596. The lowest BCUT2D eigenvalue weighted by Gasteiger charge is -2.24. The lowest BCUT2D eigenvalue weighted by atomic mass is 9.86. The first kappa shape index (κ1) is 48.8. The molecule has 0 saturated carbocycles. The third-order valence-corrected chi connectivity index (χ3v) is 11.3. The van der Waals surface area contributed by atoms with Gasteiger partial charge in [0.1, 0.15) is 36.2 Å². The Morgan fingerprint density at radius 2 is 1.41 bits per heavy atom. The molecule has 20 heteroatoms. The van der Waals surface area contributed by atoms with Crippen LogP contribution < -0.4 is 39.0 Å². The minimum atomic E-state index is -3.88. The number of pyridine rings is 1. The van der Waals surface area contributed by atoms with E-state index < -0.39 is 38.8 Å². The van der Waals surface area contributed by atoms with Gasteiger partial charge in [0.05, 0.1) is 57.4 Å². The molecule has 0 fully saturated rings. The maximum atomic E-state index is 13.5. The summed E-state index contributed by atoms with van der Waals surface area (Å²) in [5, 5.41) is 7.20. The summed E-state index contributed by atoms with van der Waals surface area (Å²) in [6.07, 6.45) is 3.13. The van der Waals surface area contributed by atoms with Gasteiger partial charge in [-0.3, -0.25) is 14.5 Å². The number of hydrogen-bond acceptors (Lipinski definition) is 13. The summed E-state index contributed by atoms with van der Waals surface area (Å²) in [4.78, 5) is 29.9. The molecular formula is C44H54N6O12S2. The van der Waals surface area contributed by atoms with Crippen molar-refractivity contribution in [3.8, 4) is 28.7 Å². The molecule has 64 heavy (non-hydrogen) atoms. The van der Waals surface area contributed by atoms with Crippen molar-refractivity contribution >= 4 is 60.0 Å². The summed E-state index contributed by atoms with van der Waals surface area (Å²) in [6, 6.07) is 22.9. The van der Waals surface area contributed by atoms with Crippen LogP contribution in [-0.2, 0) is 46.3 Å². The molecule has 0 aliphatic rings. The fourth-order valence-electron chi connectivity index (χ4n) is 6.15. The highest BCUT2D eigenvalue weighted by atomic mass is 32.2. The Hall–Kier alpha value is -6.19. The van der Waals surface area contributed by atoms with Gasteiger partial charge in [-0.25, -0.2) is 17.9 Å². The maximum Gasteiger partial charge on any atom is 0.323 e. The van der Waals surface area contributed by atoms with Gasteiger partial charge in [0.2, 0.25) is 10.0 Å². The van der Waals surface area contributed by atoms with E-state index in [-0.39, 0.29) is 49.0 Å². The number of sulfonamides is 1. The SMILES string of the molecule is COc1cc(Cc2cc(Oc3ccc(NC(=O)Nc4cc(C(C)(C)C)cc(NS(C)(=O)=O)c4OC)c4ccccc34)ccn2)cc(OCCOCCOCC(=O)NS(=O)(=O)N(C)C)c1. The lowest BCUT2D eigenvalue weighted by molar-refractivity contribution is -0.124. The molecule has 0 unspecified atom stereocenters. The van der Waals surface area contributed by atoms with E-state index in [4.69, 9.17) is 28.4 Å². The zero-order valence-corrected chi connectivity index (χ0v) is 38.6. The average molecular weight is 923 g/mol. The number of amides is 3. The summed E-state index contributed by atoms with van der Waals surface area (Å²) in [5.74, 6) is 1.60. The molecule has 0 atom stereocenters. The molecule has 5 rings (SSSR count). The summed E-state index contributed by atoms with van der Waals surface area (Å²) in [6.45, 7) is 6.18. The summed E-state index contributed by atoms with van der Waals surface area (Å²) in [5.41, 5.74) is 2.96. The predicted octanol–water partition coefficient (Wildman–Crippen LogP) is 6.28. The molecule has 0 radical (unpaired) electrons. The van der Waals surface area contributed by atoms with Gasteiger partial charge in [-0.2, -0.15) is 12.7 Å². The van der Waals surface area contributed by atoms with Gasteiger partial charge >= 0.3 is 16.2 Å². The van der Waals surface area contributed by atoms with E-state index in [0.717, 1.165) is 27.1 Å². The molecule has 344 valence electrons. The van der Waals surface area contributed by atoms with Gasteiger partial charge in [-0.15, -0.1) is 0 Å². The van der Waals surface area contributed by atoms with Crippen LogP contribution in [0.3, 0.4) is 0 Å². The number of rotatable bonds is 21. The number of methoxy groups -OCH3 is 2. The minimum Gasteiger partial charge on any atom is -0.497 e. The Morgan fingerprint density at radius 1 is 0.734 bits per heavy atom. The Labute approximate surface area is 373 Å². The van der Waals surface area contributed by atoms with Gasteiger partial charge in [0.15, 0.2) is 5.75 Å². The summed E-state index contributed by atoms with van der Waals surface area (Å²) >= 11 is 0. The number of nitrogens with one attached hydrogen (secondary N) is 4. The van der Waals surface area contributed by atoms with Crippen molar-refractivity contribution in [3.63, 3.8) is 0 Å². The smallest absolute Gasteiger partial charge is 0.323 e. The van der Waals surface area contributed by atoms with Crippen molar-refractivity contribution in [2.24, 2.45) is 0 Å². The highest BCUT2D eigenvalue weighted by molar-refractivity contribution is 7.92. The van der Waals surface area contributed by atoms with Crippen molar-refractivity contribution in [1.29, 1.82) is 0 Å². The third-order valence-electron chi connectivity index (χ3n) is 9.24. The maximum absolute atomic E-state index is 13.5. The van der Waals surface area contributed by atoms with Gasteiger partial charge in [0, 0.05) is 55.3 Å². The Balaban J connectivity index is 1.21. The second-order valence-corrected chi connectivity index (χ2v) is 19.2. The number of anilines is 3. The van der Waals surface area contributed by atoms with E-state index in [1.54, 1.807) is 49.7 Å². The first-order chi connectivity index (χ1) is 30.2. The van der Waals surface area contributed by atoms with Crippen molar-refractivity contribution < 1.29 is 54.8 Å². The topological polar surface area (TPSA) is 222 Å². The number of hydrogen-bond donors (Lipinski definition) is 4. The molecule has 0 spiro atoms. The minimum absolute atomic E-state index is 0.0776. The molecule has 0 saturated heterocycles. The molecule has 4 N–H and O–H groups in total. The zero-order chi connectivity index (χ0) is 46.7. The Morgan fingerprint density at radius 3 is 2.09 bits per heavy atom. The van der Waals surface area contributed by atoms with Crippen LogP contribution in [0.2, 0.25) is 0 Å². The monoisotopic (exact) mass is 922 g/mol. The van der Waals surface area contributed by atoms with E-state index in [1.165, 1.54) is 21.2 Å². The van der Waals surface area contributed by atoms with Gasteiger partial charge in [0.25, 0.3) is 5.91 Å². The molecular weight excluding hydrogens is 869 g/mol. The number of urea groups is 1. The Bertz CT molecular complexity index is 2670. The van der Waals surface area contributed by atoms with Gasteiger partial charge in [-0.1, -0.05) is 45.0 Å². The van der Waals surface area contributed by atoms with Crippen LogP contribution in [0.15, 0.2) is 85.1 Å². The van der Waals surface area contributed by atoms with Crippen LogP contribution in [0.1, 0.15) is 37.6 Å². The largest absolute Gasteiger partial charge is 0.497 e. The van der Waals surface area contributed by atoms with E-state index in [9.17, 15) is 26.4 Å². The van der Waals surface area contributed by atoms with Crippen LogP contribution in [-0.4, -0.2) is 106 Å². The predicted molar refractivity (Wildman–Crippen MR) is 245 cm³/mol. The van der Waals surface area contributed by atoms with Crippen molar-refractivity contribution in [2.75, 3.05) is 83.0 Å². The van der Waals surface area contributed by atoms with Gasteiger partial charge in [-0.05, 0) is 59.0 Å². The first-order valence-corrected chi connectivity index (χ1v) is 23.2. The van der Waals surface area contributed by atoms with Crippen molar-refractivity contribution in [3.05, 3.63) is 102 Å². The first-order valence-electron chi connectivity index (χ1n) is 19.9. The van der Waals surface area contributed by atoms with Crippen molar-refractivity contribution in [2.45, 2.75) is 32.6 Å². The normalized spacial score (nSPS) is 11.8. The fourth-order valence-corrected chi connectivity index (χ4v) is 7.23. The fraction of sp³-hybridized carbons (Fsp3) is 0.341. The number of fused-ring (bicyclic) bond motifs is 1. The standard InChI is InChI=1S/C44H54N6O12S2/c1-44(2,3)30-24-38(42(58-7)39(25-30)48-63(8,53)54)47-43(52)46-37-13-14-40(36-12-10-9-11-35(36)37)62-32-15-16-45-31(26-32)21-29-22-33(57-6)27-34(23-29)61-20-19-59-17-18-60-28-41(51)49-64(55,56)50(4)5/h9-16,22-27,48H,17-21,28H2,1-8H3,(H,49,51)(H2,46,47,52). The zero-order valence-electron chi connectivity index (χ0n) is 36.9. The second-order valence-electron chi connectivity index (χ2n) is 15.6. The molecule has 1 heterocycles. The number of carbonyl (C=O) groups is 2. The second kappa shape index (κ2) is 21.5. The number of carbonyl (C=O) groups excluding carboxylic acids is 2. The van der Waals surface area contributed by atoms with Crippen molar-refractivity contribution in [1.82, 2.24) is 14.0 Å². The highest BCUT2D eigenvalue weighted by Crippen LogP contribution is 2.40. The van der Waals surface area contributed by atoms with E-state index in [0.29, 0.717) is 46.2 Å². The van der Waals surface area contributed by atoms with Gasteiger partial charge < -0.3 is 39.1 Å². The molecule has 0 aliphatic carbocycles.